The summed E-state index contributed by atoms with van der Waals surface area (Å²) in [6.07, 6.45) is 2.17. The van der Waals surface area contributed by atoms with E-state index in [0.717, 1.165) is 31.7 Å². The lowest BCUT2D eigenvalue weighted by Crippen LogP contribution is -2.41. The van der Waals surface area contributed by atoms with Gasteiger partial charge in [-0.3, -0.25) is 0 Å². The molecule has 1 aromatic carbocycles. The lowest BCUT2D eigenvalue weighted by atomic mass is 10.1. The lowest BCUT2D eigenvalue weighted by Gasteiger charge is -2.32. The van der Waals surface area contributed by atoms with Crippen molar-refractivity contribution in [1.82, 2.24) is 10.3 Å². The van der Waals surface area contributed by atoms with E-state index in [1.54, 1.807) is 18.2 Å². The summed E-state index contributed by atoms with van der Waals surface area (Å²) in [6.45, 7) is 9.02. The fraction of sp³-hybridized carbons (Fsp3) is 0.368. The third-order valence-corrected chi connectivity index (χ3v) is 4.47. The van der Waals surface area contributed by atoms with Gasteiger partial charge in [0.05, 0.1) is 6.57 Å². The fourth-order valence-electron chi connectivity index (χ4n) is 2.94. The molecule has 5 nitrogen and oxygen atoms in total. The predicted molar refractivity (Wildman–Crippen MR) is 95.5 cm³/mol. The molecule has 1 aliphatic heterocycles. The first-order valence-corrected chi connectivity index (χ1v) is 8.36. The molecule has 0 unspecified atom stereocenters. The number of anilines is 1. The molecule has 0 bridgehead atoms. The van der Waals surface area contributed by atoms with Gasteiger partial charge in [-0.1, -0.05) is 18.2 Å². The van der Waals surface area contributed by atoms with Crippen LogP contribution in [-0.2, 0) is 6.61 Å². The zero-order chi connectivity index (χ0) is 17.6. The smallest absolute Gasteiger partial charge is 0.215 e. The van der Waals surface area contributed by atoms with E-state index in [0.29, 0.717) is 17.5 Å². The van der Waals surface area contributed by atoms with Gasteiger partial charge in [0.15, 0.2) is 5.69 Å². The van der Waals surface area contributed by atoms with Gasteiger partial charge in [0.25, 0.3) is 0 Å². The second-order valence-electron chi connectivity index (χ2n) is 6.10. The number of aromatic nitrogens is 1. The third kappa shape index (κ3) is 4.25. The Kier molecular flexibility index (Phi) is 5.46. The first kappa shape index (κ1) is 17.2. The second-order valence-corrected chi connectivity index (χ2v) is 6.10. The van der Waals surface area contributed by atoms with Crippen molar-refractivity contribution in [3.05, 3.63) is 59.2 Å². The van der Waals surface area contributed by atoms with Crippen molar-refractivity contribution in [2.75, 3.05) is 25.0 Å². The molecule has 0 radical (unpaired) electrons. The first-order valence-electron chi connectivity index (χ1n) is 8.36. The van der Waals surface area contributed by atoms with Crippen molar-refractivity contribution < 1.29 is 9.13 Å². The summed E-state index contributed by atoms with van der Waals surface area (Å²) in [5.74, 6) is 0.886. The Bertz CT molecular complexity index is 768. The van der Waals surface area contributed by atoms with E-state index in [4.69, 9.17) is 11.3 Å². The molecule has 2 heterocycles. The van der Waals surface area contributed by atoms with Crippen LogP contribution in [0.2, 0.25) is 0 Å². The van der Waals surface area contributed by atoms with Gasteiger partial charge < -0.3 is 15.0 Å². The van der Waals surface area contributed by atoms with Crippen LogP contribution in [0, 0.1) is 12.4 Å². The number of nitrogens with zero attached hydrogens (tertiary/aromatic N) is 3. The van der Waals surface area contributed by atoms with Crippen LogP contribution in [0.5, 0.6) is 5.88 Å². The molecule has 1 N–H and O–H groups in total. The summed E-state index contributed by atoms with van der Waals surface area (Å²) in [4.78, 5) is 9.93. The Labute approximate surface area is 147 Å². The minimum Gasteiger partial charge on any atom is -0.473 e. The Morgan fingerprint density at radius 1 is 1.32 bits per heavy atom. The standard InChI is InChI=1S/C19H21FN4O/c1-21-15-7-6-14(17(20)12-15)13-25-19-5-3-4-18(23-19)24(2)16-8-10-22-11-9-16/h3-7,12,16,22H,8-11,13H2,2H3. The van der Waals surface area contributed by atoms with Gasteiger partial charge in [-0.05, 0) is 38.1 Å². The molecule has 3 rings (SSSR count). The van der Waals surface area contributed by atoms with Crippen molar-refractivity contribution in [1.29, 1.82) is 0 Å². The summed E-state index contributed by atoms with van der Waals surface area (Å²) in [5, 5.41) is 3.36. The maximum absolute atomic E-state index is 13.9. The summed E-state index contributed by atoms with van der Waals surface area (Å²) < 4.78 is 19.6. The van der Waals surface area contributed by atoms with Crippen molar-refractivity contribution in [2.24, 2.45) is 0 Å². The number of benzene rings is 1. The summed E-state index contributed by atoms with van der Waals surface area (Å²) in [7, 11) is 2.05. The molecule has 130 valence electrons. The van der Waals surface area contributed by atoms with E-state index >= 15 is 0 Å². The number of ether oxygens (including phenoxy) is 1. The molecule has 25 heavy (non-hydrogen) atoms. The molecule has 1 aliphatic rings. The largest absolute Gasteiger partial charge is 0.473 e. The van der Waals surface area contributed by atoms with Crippen LogP contribution in [0.4, 0.5) is 15.9 Å². The van der Waals surface area contributed by atoms with E-state index in [9.17, 15) is 4.39 Å². The molecular formula is C19H21FN4O. The van der Waals surface area contributed by atoms with Crippen LogP contribution in [0.1, 0.15) is 18.4 Å². The SMILES string of the molecule is [C-]#[N+]c1ccc(COc2cccc(N(C)C3CCNCC3)n2)c(F)c1. The monoisotopic (exact) mass is 340 g/mol. The number of rotatable bonds is 5. The van der Waals surface area contributed by atoms with E-state index < -0.39 is 5.82 Å². The van der Waals surface area contributed by atoms with Crippen LogP contribution in [0.15, 0.2) is 36.4 Å². The Hall–Kier alpha value is -2.65. The van der Waals surface area contributed by atoms with Crippen molar-refractivity contribution in [3.8, 4) is 5.88 Å². The van der Waals surface area contributed by atoms with Crippen molar-refractivity contribution in [2.45, 2.75) is 25.5 Å². The maximum atomic E-state index is 13.9. The zero-order valence-electron chi connectivity index (χ0n) is 14.2. The molecule has 0 saturated carbocycles. The number of piperidine rings is 1. The van der Waals surface area contributed by atoms with Gasteiger partial charge in [0.1, 0.15) is 18.2 Å². The molecule has 1 saturated heterocycles. The molecule has 0 spiro atoms. The summed E-state index contributed by atoms with van der Waals surface area (Å²) in [5.41, 5.74) is 0.691. The van der Waals surface area contributed by atoms with Crippen LogP contribution in [0.3, 0.4) is 0 Å². The summed E-state index contributed by atoms with van der Waals surface area (Å²) >= 11 is 0. The highest BCUT2D eigenvalue weighted by Crippen LogP contribution is 2.22. The van der Waals surface area contributed by atoms with Crippen LogP contribution in [-0.4, -0.2) is 31.2 Å². The number of halogens is 1. The van der Waals surface area contributed by atoms with Crippen LogP contribution in [0.25, 0.3) is 4.85 Å². The van der Waals surface area contributed by atoms with E-state index in [-0.39, 0.29) is 12.3 Å². The number of hydrogen-bond acceptors (Lipinski definition) is 4. The molecule has 1 fully saturated rings. The van der Waals surface area contributed by atoms with Gasteiger partial charge in [0, 0.05) is 24.7 Å². The van der Waals surface area contributed by atoms with E-state index in [1.165, 1.54) is 6.07 Å². The number of hydrogen-bond donors (Lipinski definition) is 1. The second kappa shape index (κ2) is 7.95. The van der Waals surface area contributed by atoms with Crippen LogP contribution >= 0.6 is 0 Å². The Balaban J connectivity index is 1.66. The molecule has 0 atom stereocenters. The normalized spacial score (nSPS) is 14.8. The zero-order valence-corrected chi connectivity index (χ0v) is 14.2. The molecule has 6 heteroatoms. The summed E-state index contributed by atoms with van der Waals surface area (Å²) in [6, 6.07) is 10.5. The molecular weight excluding hydrogens is 319 g/mol. The molecule has 0 aliphatic carbocycles. The average molecular weight is 340 g/mol. The van der Waals surface area contributed by atoms with E-state index in [1.807, 2.05) is 19.2 Å². The maximum Gasteiger partial charge on any atom is 0.215 e. The minimum atomic E-state index is -0.434. The Morgan fingerprint density at radius 3 is 2.84 bits per heavy atom. The van der Waals surface area contributed by atoms with Crippen molar-refractivity contribution >= 4 is 11.5 Å². The molecule has 0 amide bonds. The predicted octanol–water partition coefficient (Wildman–Crippen LogP) is 3.54. The van der Waals surface area contributed by atoms with Gasteiger partial charge in [-0.15, -0.1) is 0 Å². The van der Waals surface area contributed by atoms with Crippen LogP contribution < -0.4 is 15.0 Å². The van der Waals surface area contributed by atoms with Gasteiger partial charge in [-0.2, -0.15) is 4.98 Å². The Morgan fingerprint density at radius 2 is 2.12 bits per heavy atom. The van der Waals surface area contributed by atoms with E-state index in [2.05, 4.69) is 20.0 Å². The molecule has 2 aromatic rings. The molecule has 1 aromatic heterocycles. The third-order valence-electron chi connectivity index (χ3n) is 4.47. The van der Waals surface area contributed by atoms with Crippen molar-refractivity contribution in [3.63, 3.8) is 0 Å². The fourth-order valence-corrected chi connectivity index (χ4v) is 2.94. The average Bonchev–Trinajstić information content (AvgIpc) is 2.67. The highest BCUT2D eigenvalue weighted by atomic mass is 19.1. The quantitative estimate of drug-likeness (QED) is 0.846. The minimum absolute atomic E-state index is 0.0810. The first-order chi connectivity index (χ1) is 12.2. The number of nitrogens with one attached hydrogen (secondary N) is 1. The van der Waals surface area contributed by atoms with Gasteiger partial charge >= 0.3 is 0 Å². The lowest BCUT2D eigenvalue weighted by molar-refractivity contribution is 0.288. The van der Waals surface area contributed by atoms with Gasteiger partial charge in [0.2, 0.25) is 5.88 Å². The highest BCUT2D eigenvalue weighted by Gasteiger charge is 2.19. The van der Waals surface area contributed by atoms with Gasteiger partial charge in [-0.25, -0.2) is 9.24 Å². The highest BCUT2D eigenvalue weighted by molar-refractivity contribution is 5.46. The number of pyridine rings is 1. The topological polar surface area (TPSA) is 41.8 Å².